The van der Waals surface area contributed by atoms with Crippen molar-refractivity contribution in [3.63, 3.8) is 0 Å². The van der Waals surface area contributed by atoms with Gasteiger partial charge in [-0.05, 0) is 53.8 Å². The SMILES string of the molecule is CC(C)CN(CC1CN(Cc2cccn2C)CC1c1ccc(F)cc1)C(=O)c1ccccc1. The van der Waals surface area contributed by atoms with Gasteiger partial charge in [-0.2, -0.15) is 0 Å². The molecular formula is C28H34FN3O. The molecule has 3 aromatic rings. The van der Waals surface area contributed by atoms with Crippen LogP contribution in [0.3, 0.4) is 0 Å². The van der Waals surface area contributed by atoms with Gasteiger partial charge in [-0.25, -0.2) is 4.39 Å². The summed E-state index contributed by atoms with van der Waals surface area (Å²) in [7, 11) is 2.07. The fraction of sp³-hybridized carbons (Fsp3) is 0.393. The van der Waals surface area contributed by atoms with Gasteiger partial charge in [-0.15, -0.1) is 0 Å². The minimum atomic E-state index is -0.213. The summed E-state index contributed by atoms with van der Waals surface area (Å²) in [4.78, 5) is 17.9. The molecule has 0 radical (unpaired) electrons. The van der Waals surface area contributed by atoms with E-state index in [4.69, 9.17) is 0 Å². The number of rotatable bonds is 8. The molecule has 2 unspecified atom stereocenters. The van der Waals surface area contributed by atoms with E-state index in [0.29, 0.717) is 12.5 Å². The van der Waals surface area contributed by atoms with Crippen LogP contribution >= 0.6 is 0 Å². The summed E-state index contributed by atoms with van der Waals surface area (Å²) in [6.07, 6.45) is 2.07. The highest BCUT2D eigenvalue weighted by molar-refractivity contribution is 5.94. The highest BCUT2D eigenvalue weighted by atomic mass is 19.1. The van der Waals surface area contributed by atoms with Crippen molar-refractivity contribution in [2.24, 2.45) is 18.9 Å². The molecule has 1 aliphatic heterocycles. The monoisotopic (exact) mass is 447 g/mol. The second-order valence-corrected chi connectivity index (χ2v) is 9.69. The average molecular weight is 448 g/mol. The topological polar surface area (TPSA) is 28.5 Å². The van der Waals surface area contributed by atoms with Gasteiger partial charge in [-0.1, -0.05) is 44.2 Å². The Hall–Kier alpha value is -2.92. The molecule has 0 aliphatic carbocycles. The lowest BCUT2D eigenvalue weighted by Crippen LogP contribution is -2.39. The second-order valence-electron chi connectivity index (χ2n) is 9.69. The molecule has 4 nitrogen and oxygen atoms in total. The first-order valence-electron chi connectivity index (χ1n) is 11.8. The third-order valence-corrected chi connectivity index (χ3v) is 6.60. The average Bonchev–Trinajstić information content (AvgIpc) is 3.39. The van der Waals surface area contributed by atoms with Gasteiger partial charge >= 0.3 is 0 Å². The van der Waals surface area contributed by atoms with E-state index in [1.165, 1.54) is 5.69 Å². The molecule has 0 N–H and O–H groups in total. The molecule has 2 aromatic carbocycles. The zero-order chi connectivity index (χ0) is 23.4. The minimum absolute atomic E-state index is 0.0861. The van der Waals surface area contributed by atoms with Gasteiger partial charge < -0.3 is 9.47 Å². The van der Waals surface area contributed by atoms with Crippen molar-refractivity contribution in [1.82, 2.24) is 14.4 Å². The summed E-state index contributed by atoms with van der Waals surface area (Å²) in [6, 6.07) is 20.7. The molecule has 1 amide bonds. The first-order chi connectivity index (χ1) is 15.9. The Kier molecular flexibility index (Phi) is 7.29. The van der Waals surface area contributed by atoms with Gasteiger partial charge in [0.05, 0.1) is 0 Å². The summed E-state index contributed by atoms with van der Waals surface area (Å²) in [5.74, 6) is 0.784. The minimum Gasteiger partial charge on any atom is -0.353 e. The van der Waals surface area contributed by atoms with E-state index in [1.807, 2.05) is 47.4 Å². The predicted octanol–water partition coefficient (Wildman–Crippen LogP) is 5.18. The number of carbonyl (C=O) groups is 1. The quantitative estimate of drug-likeness (QED) is 0.476. The number of aryl methyl sites for hydroxylation is 1. The molecule has 2 atom stereocenters. The standard InChI is InChI=1S/C28H34FN3O/c1-21(2)16-32(28(33)23-8-5-4-6-9-23)18-24-17-31(19-26-10-7-15-30(26)3)20-27(24)22-11-13-25(29)14-12-22/h4-15,21,24,27H,16-20H2,1-3H3. The number of hydrogen-bond acceptors (Lipinski definition) is 2. The number of amides is 1. The molecule has 2 heterocycles. The molecule has 0 spiro atoms. The molecule has 1 saturated heterocycles. The third kappa shape index (κ3) is 5.72. The van der Waals surface area contributed by atoms with Crippen molar-refractivity contribution in [3.8, 4) is 0 Å². The smallest absolute Gasteiger partial charge is 0.253 e. The Morgan fingerprint density at radius 3 is 2.39 bits per heavy atom. The number of carbonyl (C=O) groups excluding carboxylic acids is 1. The largest absolute Gasteiger partial charge is 0.353 e. The summed E-state index contributed by atoms with van der Waals surface area (Å²) >= 11 is 0. The number of aromatic nitrogens is 1. The van der Waals surface area contributed by atoms with E-state index in [-0.39, 0.29) is 23.6 Å². The van der Waals surface area contributed by atoms with Crippen molar-refractivity contribution in [3.05, 3.63) is 95.6 Å². The van der Waals surface area contributed by atoms with E-state index in [0.717, 1.165) is 37.3 Å². The van der Waals surface area contributed by atoms with Crippen molar-refractivity contribution in [1.29, 1.82) is 0 Å². The maximum absolute atomic E-state index is 13.6. The molecule has 0 saturated carbocycles. The van der Waals surface area contributed by atoms with Gasteiger partial charge in [0, 0.05) is 63.1 Å². The van der Waals surface area contributed by atoms with Gasteiger partial charge in [0.15, 0.2) is 0 Å². The summed E-state index contributed by atoms with van der Waals surface area (Å²) in [6.45, 7) is 8.39. The van der Waals surface area contributed by atoms with Gasteiger partial charge in [0.25, 0.3) is 5.91 Å². The summed E-state index contributed by atoms with van der Waals surface area (Å²) in [5, 5.41) is 0. The highest BCUT2D eigenvalue weighted by Crippen LogP contribution is 2.34. The maximum Gasteiger partial charge on any atom is 0.253 e. The van der Waals surface area contributed by atoms with E-state index < -0.39 is 0 Å². The molecule has 174 valence electrons. The van der Waals surface area contributed by atoms with Crippen LogP contribution in [0.15, 0.2) is 72.9 Å². The Labute approximate surface area is 196 Å². The zero-order valence-corrected chi connectivity index (χ0v) is 19.8. The van der Waals surface area contributed by atoms with Gasteiger partial charge in [0.2, 0.25) is 0 Å². The molecule has 5 heteroatoms. The van der Waals surface area contributed by atoms with Crippen molar-refractivity contribution < 1.29 is 9.18 Å². The first kappa shape index (κ1) is 23.2. The fourth-order valence-electron chi connectivity index (χ4n) is 4.98. The van der Waals surface area contributed by atoms with Crippen molar-refractivity contribution >= 4 is 5.91 Å². The summed E-state index contributed by atoms with van der Waals surface area (Å²) < 4.78 is 15.8. The molecule has 1 aromatic heterocycles. The number of hydrogen-bond donors (Lipinski definition) is 0. The molecule has 1 fully saturated rings. The van der Waals surface area contributed by atoms with Crippen LogP contribution in [0.5, 0.6) is 0 Å². The van der Waals surface area contributed by atoms with Crippen LogP contribution in [0.25, 0.3) is 0 Å². The Morgan fingerprint density at radius 2 is 1.76 bits per heavy atom. The lowest BCUT2D eigenvalue weighted by Gasteiger charge is -2.30. The molecule has 1 aliphatic rings. The molecule has 0 bridgehead atoms. The van der Waals surface area contributed by atoms with Gasteiger partial charge in [-0.3, -0.25) is 9.69 Å². The zero-order valence-electron chi connectivity index (χ0n) is 19.8. The maximum atomic E-state index is 13.6. The lowest BCUT2D eigenvalue weighted by molar-refractivity contribution is 0.0703. The van der Waals surface area contributed by atoms with Crippen LogP contribution in [0.2, 0.25) is 0 Å². The van der Waals surface area contributed by atoms with E-state index in [1.54, 1.807) is 12.1 Å². The van der Waals surface area contributed by atoms with E-state index in [2.05, 4.69) is 48.7 Å². The van der Waals surface area contributed by atoms with E-state index in [9.17, 15) is 9.18 Å². The van der Waals surface area contributed by atoms with Gasteiger partial charge in [0.1, 0.15) is 5.82 Å². The van der Waals surface area contributed by atoms with E-state index >= 15 is 0 Å². The fourth-order valence-corrected chi connectivity index (χ4v) is 4.98. The van der Waals surface area contributed by atoms with Crippen LogP contribution in [0.1, 0.15) is 41.4 Å². The van der Waals surface area contributed by atoms with Crippen molar-refractivity contribution in [2.75, 3.05) is 26.2 Å². The predicted molar refractivity (Wildman–Crippen MR) is 131 cm³/mol. The Balaban J connectivity index is 1.58. The number of benzene rings is 2. The van der Waals surface area contributed by atoms with Crippen LogP contribution in [0, 0.1) is 17.7 Å². The third-order valence-electron chi connectivity index (χ3n) is 6.60. The van der Waals surface area contributed by atoms with Crippen LogP contribution in [-0.2, 0) is 13.6 Å². The lowest BCUT2D eigenvalue weighted by atomic mass is 9.88. The van der Waals surface area contributed by atoms with Crippen LogP contribution in [0.4, 0.5) is 4.39 Å². The highest BCUT2D eigenvalue weighted by Gasteiger charge is 2.36. The number of halogens is 1. The Bertz CT molecular complexity index is 1040. The van der Waals surface area contributed by atoms with Crippen LogP contribution < -0.4 is 0 Å². The molecular weight excluding hydrogens is 413 g/mol. The van der Waals surface area contributed by atoms with Crippen LogP contribution in [-0.4, -0.2) is 46.5 Å². The molecule has 33 heavy (non-hydrogen) atoms. The number of likely N-dealkylation sites (tertiary alicyclic amines) is 1. The molecule has 4 rings (SSSR count). The Morgan fingerprint density at radius 1 is 1.03 bits per heavy atom. The number of nitrogens with zero attached hydrogens (tertiary/aromatic N) is 3. The normalized spacial score (nSPS) is 18.7. The first-order valence-corrected chi connectivity index (χ1v) is 11.8. The van der Waals surface area contributed by atoms with Crippen molar-refractivity contribution in [2.45, 2.75) is 26.3 Å². The second kappa shape index (κ2) is 10.3. The summed E-state index contributed by atoms with van der Waals surface area (Å²) in [5.41, 5.74) is 3.15.